The summed E-state index contributed by atoms with van der Waals surface area (Å²) in [6.07, 6.45) is 9.07. The molecule has 0 unspecified atom stereocenters. The summed E-state index contributed by atoms with van der Waals surface area (Å²) in [6.45, 7) is 7.89. The van der Waals surface area contributed by atoms with Crippen LogP contribution in [0.15, 0.2) is 23.8 Å². The number of allylic oxidation sites excluding steroid dienone is 2. The molecule has 0 aromatic rings. The molecule has 3 saturated carbocycles. The van der Waals surface area contributed by atoms with Gasteiger partial charge >= 0.3 is 0 Å². The van der Waals surface area contributed by atoms with Crippen molar-refractivity contribution in [2.24, 2.45) is 28.6 Å². The first-order valence-electron chi connectivity index (χ1n) is 9.97. The van der Waals surface area contributed by atoms with Crippen molar-refractivity contribution in [2.75, 3.05) is 0 Å². The van der Waals surface area contributed by atoms with Crippen LogP contribution in [0.3, 0.4) is 0 Å². The third kappa shape index (κ3) is 1.53. The summed E-state index contributed by atoms with van der Waals surface area (Å²) in [5, 5.41) is 11.5. The molecule has 1 aliphatic heterocycles. The molecule has 5 rings (SSSR count). The lowest BCUT2D eigenvalue weighted by molar-refractivity contribution is -0.160. The Labute approximate surface area is 154 Å². The molecule has 1 spiro atoms. The van der Waals surface area contributed by atoms with Crippen LogP contribution in [-0.2, 0) is 14.3 Å². The maximum absolute atomic E-state index is 12.5. The molecule has 4 nitrogen and oxygen atoms in total. The Kier molecular flexibility index (Phi) is 2.98. The van der Waals surface area contributed by atoms with Gasteiger partial charge in [-0.2, -0.15) is 0 Å². The second-order valence-corrected chi connectivity index (χ2v) is 9.84. The molecular formula is C22H28O4. The van der Waals surface area contributed by atoms with Crippen LogP contribution >= 0.6 is 0 Å². The number of ketones is 2. The molecule has 8 atom stereocenters. The number of hydrogen-bond donors (Lipinski definition) is 1. The Bertz CT molecular complexity index is 796. The number of rotatable bonds is 1. The van der Waals surface area contributed by atoms with Gasteiger partial charge in [0, 0.05) is 10.8 Å². The lowest BCUT2D eigenvalue weighted by atomic mass is 9.47. The molecule has 1 saturated heterocycles. The molecule has 1 heterocycles. The van der Waals surface area contributed by atoms with Crippen molar-refractivity contribution in [3.05, 3.63) is 23.8 Å². The topological polar surface area (TPSA) is 66.9 Å². The minimum Gasteiger partial charge on any atom is -0.381 e. The van der Waals surface area contributed by atoms with Gasteiger partial charge in [0.2, 0.25) is 0 Å². The zero-order valence-corrected chi connectivity index (χ0v) is 16.0. The van der Waals surface area contributed by atoms with Gasteiger partial charge in [0.25, 0.3) is 0 Å². The number of ether oxygens (including phenoxy) is 1. The van der Waals surface area contributed by atoms with E-state index in [0.29, 0.717) is 5.92 Å². The predicted molar refractivity (Wildman–Crippen MR) is 96.3 cm³/mol. The minimum atomic E-state index is -1.26. The van der Waals surface area contributed by atoms with E-state index in [9.17, 15) is 14.7 Å². The van der Waals surface area contributed by atoms with Gasteiger partial charge in [-0.3, -0.25) is 9.59 Å². The van der Waals surface area contributed by atoms with Crippen LogP contribution in [-0.4, -0.2) is 34.0 Å². The number of carbonyl (C=O) groups is 2. The Morgan fingerprint density at radius 1 is 1.31 bits per heavy atom. The van der Waals surface area contributed by atoms with E-state index >= 15 is 0 Å². The maximum atomic E-state index is 12.5. The van der Waals surface area contributed by atoms with Crippen molar-refractivity contribution in [3.8, 4) is 0 Å². The average molecular weight is 356 g/mol. The number of fused-ring (bicyclic) bond motifs is 3. The van der Waals surface area contributed by atoms with Crippen LogP contribution in [0.25, 0.3) is 0 Å². The normalized spacial score (nSPS) is 56.8. The molecule has 0 radical (unpaired) electrons. The van der Waals surface area contributed by atoms with Gasteiger partial charge < -0.3 is 9.84 Å². The van der Waals surface area contributed by atoms with Crippen LogP contribution in [0.2, 0.25) is 0 Å². The number of aliphatic hydroxyl groups is 1. The lowest BCUT2D eigenvalue weighted by Crippen LogP contribution is -2.61. The third-order valence-corrected chi connectivity index (χ3v) is 9.05. The van der Waals surface area contributed by atoms with Crippen molar-refractivity contribution in [3.63, 3.8) is 0 Å². The summed E-state index contributed by atoms with van der Waals surface area (Å²) < 4.78 is 6.46. The van der Waals surface area contributed by atoms with Crippen molar-refractivity contribution in [1.82, 2.24) is 0 Å². The van der Waals surface area contributed by atoms with E-state index in [-0.39, 0.29) is 40.5 Å². The van der Waals surface area contributed by atoms with Crippen molar-refractivity contribution < 1.29 is 19.4 Å². The molecular weight excluding hydrogens is 328 g/mol. The van der Waals surface area contributed by atoms with Crippen LogP contribution in [0.1, 0.15) is 53.4 Å². The summed E-state index contributed by atoms with van der Waals surface area (Å²) >= 11 is 0. The molecule has 4 heteroatoms. The molecule has 5 aliphatic rings. The lowest BCUT2D eigenvalue weighted by Gasteiger charge is -2.55. The van der Waals surface area contributed by atoms with Gasteiger partial charge in [-0.1, -0.05) is 25.5 Å². The van der Waals surface area contributed by atoms with E-state index in [2.05, 4.69) is 19.9 Å². The molecule has 0 aromatic heterocycles. The number of carbonyl (C=O) groups excluding carboxylic acids is 2. The molecule has 1 N–H and O–H groups in total. The van der Waals surface area contributed by atoms with Gasteiger partial charge in [0.15, 0.2) is 11.6 Å². The van der Waals surface area contributed by atoms with Gasteiger partial charge in [-0.05, 0) is 69.4 Å². The fourth-order valence-corrected chi connectivity index (χ4v) is 7.73. The molecule has 0 aromatic carbocycles. The molecule has 0 bridgehead atoms. The van der Waals surface area contributed by atoms with E-state index < -0.39 is 11.0 Å². The quantitative estimate of drug-likeness (QED) is 0.734. The molecule has 4 aliphatic carbocycles. The van der Waals surface area contributed by atoms with Crippen molar-refractivity contribution >= 4 is 11.6 Å². The Morgan fingerprint density at radius 2 is 2.04 bits per heavy atom. The van der Waals surface area contributed by atoms with Gasteiger partial charge in [-0.25, -0.2) is 0 Å². The second kappa shape index (κ2) is 4.59. The van der Waals surface area contributed by atoms with E-state index in [1.54, 1.807) is 12.2 Å². The Hall–Kier alpha value is -1.26. The number of epoxide rings is 1. The summed E-state index contributed by atoms with van der Waals surface area (Å²) in [7, 11) is 0. The first-order valence-corrected chi connectivity index (χ1v) is 9.97. The van der Waals surface area contributed by atoms with Gasteiger partial charge in [0.05, 0.1) is 6.10 Å². The van der Waals surface area contributed by atoms with Crippen molar-refractivity contribution in [1.29, 1.82) is 0 Å². The van der Waals surface area contributed by atoms with Crippen LogP contribution < -0.4 is 0 Å². The fraction of sp³-hybridized carbons (Fsp3) is 0.727. The van der Waals surface area contributed by atoms with E-state index in [0.717, 1.165) is 25.7 Å². The molecule has 0 amide bonds. The SMILES string of the molecule is CC(=O)[C@@]1(O)[C@@H](C)C[C@H]2[C@@H]3CCC4=CC(=O)C=C[C@]4(C)[C@@]34O[C@H]4C[C@@]21C. The van der Waals surface area contributed by atoms with Crippen LogP contribution in [0, 0.1) is 28.6 Å². The van der Waals surface area contributed by atoms with Gasteiger partial charge in [-0.15, -0.1) is 0 Å². The van der Waals surface area contributed by atoms with Crippen molar-refractivity contribution in [2.45, 2.75) is 70.7 Å². The first-order chi connectivity index (χ1) is 12.1. The van der Waals surface area contributed by atoms with Gasteiger partial charge in [0.1, 0.15) is 11.2 Å². The Morgan fingerprint density at radius 3 is 2.73 bits per heavy atom. The second-order valence-electron chi connectivity index (χ2n) is 9.84. The summed E-state index contributed by atoms with van der Waals surface area (Å²) in [6, 6.07) is 0. The summed E-state index contributed by atoms with van der Waals surface area (Å²) in [4.78, 5) is 24.4. The van der Waals surface area contributed by atoms with Crippen LogP contribution in [0.4, 0.5) is 0 Å². The third-order valence-electron chi connectivity index (χ3n) is 9.05. The minimum absolute atomic E-state index is 0.0298. The maximum Gasteiger partial charge on any atom is 0.178 e. The highest BCUT2D eigenvalue weighted by molar-refractivity contribution is 6.01. The van der Waals surface area contributed by atoms with Crippen LogP contribution in [0.5, 0.6) is 0 Å². The zero-order chi connectivity index (χ0) is 18.7. The highest BCUT2D eigenvalue weighted by Gasteiger charge is 2.81. The molecule has 26 heavy (non-hydrogen) atoms. The standard InChI is InChI=1S/C22H28O4/c1-12-9-17-16-6-5-14-10-15(24)7-8-19(14,3)22(16)18(26-22)11-20(17,4)21(12,25)13(2)23/h7-8,10,12,16-18,25H,5-6,9,11H2,1-4H3/t12-,16-,17-,18-,19-,20-,21-,22+/m0/s1. The summed E-state index contributed by atoms with van der Waals surface area (Å²) in [5.74, 6) is 0.536. The van der Waals surface area contributed by atoms with E-state index in [1.165, 1.54) is 12.5 Å². The largest absolute Gasteiger partial charge is 0.381 e. The molecule has 140 valence electrons. The highest BCUT2D eigenvalue weighted by Crippen LogP contribution is 2.76. The monoisotopic (exact) mass is 356 g/mol. The molecule has 4 fully saturated rings. The number of Topliss-reactive ketones (excluding diaryl/α,β-unsaturated/α-hetero) is 1. The summed E-state index contributed by atoms with van der Waals surface area (Å²) in [5.41, 5.74) is -0.999. The Balaban J connectivity index is 1.62. The first kappa shape index (κ1) is 16.9. The fourth-order valence-electron chi connectivity index (χ4n) is 7.73. The number of hydrogen-bond acceptors (Lipinski definition) is 4. The average Bonchev–Trinajstić information content (AvgIpc) is 3.25. The predicted octanol–water partition coefficient (Wildman–Crippen LogP) is 2.99. The van der Waals surface area contributed by atoms with E-state index in [4.69, 9.17) is 4.74 Å². The highest BCUT2D eigenvalue weighted by atomic mass is 16.6. The smallest absolute Gasteiger partial charge is 0.178 e. The van der Waals surface area contributed by atoms with E-state index in [1.807, 2.05) is 6.92 Å². The zero-order valence-electron chi connectivity index (χ0n) is 16.0.